The normalized spacial score (nSPS) is 12.1. The van der Waals surface area contributed by atoms with Gasteiger partial charge in [0.05, 0.1) is 4.90 Å². The standard InChI is InChI=1S/C15H13NO4S.Na/c1-9(17)16-12-2-4-14-10(7-12)6-11-8-13(21(18,19)20)3-5-15(11)14;/h2-5,7-8H,6H2,1H3,(H,16,17)(H,18,19,20);. The molecule has 3 rings (SSSR count). The molecule has 1 aliphatic carbocycles. The van der Waals surface area contributed by atoms with Crippen LogP contribution in [0.15, 0.2) is 41.3 Å². The molecule has 0 spiro atoms. The number of hydrogen-bond acceptors (Lipinski definition) is 3. The minimum Gasteiger partial charge on any atom is -0.326 e. The zero-order valence-corrected chi connectivity index (χ0v) is 15.1. The van der Waals surface area contributed by atoms with Crippen molar-refractivity contribution in [2.45, 2.75) is 18.2 Å². The first-order valence-electron chi connectivity index (χ1n) is 6.36. The quantitative estimate of drug-likeness (QED) is 0.558. The van der Waals surface area contributed by atoms with Crippen LogP contribution in [0.1, 0.15) is 18.1 Å². The van der Waals surface area contributed by atoms with Gasteiger partial charge in [0.1, 0.15) is 0 Å². The van der Waals surface area contributed by atoms with Crippen LogP contribution in [0.25, 0.3) is 11.1 Å². The van der Waals surface area contributed by atoms with E-state index in [-0.39, 0.29) is 40.4 Å². The van der Waals surface area contributed by atoms with Crippen LogP contribution in [0.4, 0.5) is 5.69 Å². The van der Waals surface area contributed by atoms with Crippen LogP contribution in [0.3, 0.4) is 0 Å². The Morgan fingerprint density at radius 2 is 1.68 bits per heavy atom. The van der Waals surface area contributed by atoms with Gasteiger partial charge in [-0.2, -0.15) is 8.42 Å². The Bertz CT molecular complexity index is 862. The summed E-state index contributed by atoms with van der Waals surface area (Å²) in [6.45, 7) is 1.44. The van der Waals surface area contributed by atoms with Crippen molar-refractivity contribution in [2.24, 2.45) is 0 Å². The number of fused-ring (bicyclic) bond motifs is 3. The van der Waals surface area contributed by atoms with Gasteiger partial charge < -0.3 is 5.32 Å². The van der Waals surface area contributed by atoms with Crippen molar-refractivity contribution >= 4 is 51.3 Å². The van der Waals surface area contributed by atoms with E-state index in [1.807, 2.05) is 18.2 Å². The van der Waals surface area contributed by atoms with Crippen LogP contribution in [-0.2, 0) is 21.3 Å². The van der Waals surface area contributed by atoms with Crippen molar-refractivity contribution in [1.29, 1.82) is 0 Å². The van der Waals surface area contributed by atoms with E-state index in [0.717, 1.165) is 22.3 Å². The molecule has 0 heterocycles. The number of rotatable bonds is 2. The summed E-state index contributed by atoms with van der Waals surface area (Å²) in [6, 6.07) is 10.2. The van der Waals surface area contributed by atoms with E-state index in [0.29, 0.717) is 12.1 Å². The van der Waals surface area contributed by atoms with E-state index in [1.165, 1.54) is 19.1 Å². The molecule has 7 heteroatoms. The van der Waals surface area contributed by atoms with Crippen molar-refractivity contribution in [3.8, 4) is 11.1 Å². The average molecular weight is 326 g/mol. The Kier molecular flexibility index (Phi) is 4.79. The fraction of sp³-hybridized carbons (Fsp3) is 0.133. The Balaban J connectivity index is 0.00000176. The molecule has 1 amide bonds. The third-order valence-corrected chi connectivity index (χ3v) is 4.32. The van der Waals surface area contributed by atoms with Crippen molar-refractivity contribution in [2.75, 3.05) is 5.32 Å². The number of hydrogen-bond donors (Lipinski definition) is 2. The number of carbonyl (C=O) groups is 1. The van der Waals surface area contributed by atoms with Gasteiger partial charge in [-0.05, 0) is 52.9 Å². The molecule has 2 aromatic carbocycles. The van der Waals surface area contributed by atoms with E-state index >= 15 is 0 Å². The monoisotopic (exact) mass is 326 g/mol. The summed E-state index contributed by atoms with van der Waals surface area (Å²) in [6.07, 6.45) is 0.571. The fourth-order valence-corrected chi connectivity index (χ4v) is 3.16. The number of carbonyl (C=O) groups excluding carboxylic acids is 1. The number of anilines is 1. The first-order valence-corrected chi connectivity index (χ1v) is 7.80. The molecule has 0 saturated heterocycles. The molecule has 5 nitrogen and oxygen atoms in total. The van der Waals surface area contributed by atoms with Crippen molar-refractivity contribution in [1.82, 2.24) is 0 Å². The van der Waals surface area contributed by atoms with Gasteiger partial charge in [-0.15, -0.1) is 0 Å². The molecule has 0 unspecified atom stereocenters. The van der Waals surface area contributed by atoms with Gasteiger partial charge in [0, 0.05) is 42.2 Å². The predicted octanol–water partition coefficient (Wildman–Crippen LogP) is 2.08. The largest absolute Gasteiger partial charge is 0.326 e. The number of benzene rings is 2. The molecule has 0 aliphatic heterocycles. The van der Waals surface area contributed by atoms with Gasteiger partial charge in [-0.3, -0.25) is 9.35 Å². The Hall–Kier alpha value is -1.18. The van der Waals surface area contributed by atoms with Gasteiger partial charge in [0.2, 0.25) is 5.91 Å². The van der Waals surface area contributed by atoms with E-state index < -0.39 is 10.1 Å². The predicted molar refractivity (Wildman–Crippen MR) is 84.6 cm³/mol. The smallest absolute Gasteiger partial charge is 0.294 e. The van der Waals surface area contributed by atoms with Gasteiger partial charge in [-0.1, -0.05) is 12.1 Å². The third-order valence-electron chi connectivity index (χ3n) is 3.47. The zero-order chi connectivity index (χ0) is 15.2. The second kappa shape index (κ2) is 6.14. The number of nitrogens with one attached hydrogen (secondary N) is 1. The van der Waals surface area contributed by atoms with Gasteiger partial charge in [-0.25, -0.2) is 0 Å². The second-order valence-electron chi connectivity index (χ2n) is 5.02. The summed E-state index contributed by atoms with van der Waals surface area (Å²) >= 11 is 0. The SMILES string of the molecule is CC(=O)Nc1ccc2c(c1)Cc1cc(S(=O)(=O)O)ccc1-2.[Na]. The molecular formula is C15H13NNaO4S. The maximum atomic E-state index is 11.2. The fourth-order valence-electron chi connectivity index (χ4n) is 2.63. The summed E-state index contributed by atoms with van der Waals surface area (Å²) in [4.78, 5) is 11.0. The Morgan fingerprint density at radius 1 is 1.09 bits per heavy atom. The molecule has 22 heavy (non-hydrogen) atoms. The second-order valence-corrected chi connectivity index (χ2v) is 6.45. The summed E-state index contributed by atoms with van der Waals surface area (Å²) in [7, 11) is -4.19. The molecule has 109 valence electrons. The van der Waals surface area contributed by atoms with E-state index in [2.05, 4.69) is 5.32 Å². The van der Waals surface area contributed by atoms with Crippen LogP contribution in [0.2, 0.25) is 0 Å². The molecule has 0 atom stereocenters. The van der Waals surface area contributed by atoms with Gasteiger partial charge in [0.25, 0.3) is 10.1 Å². The summed E-state index contributed by atoms with van der Waals surface area (Å²) in [5.41, 5.74) is 4.54. The maximum Gasteiger partial charge on any atom is 0.294 e. The molecule has 0 aromatic heterocycles. The van der Waals surface area contributed by atoms with Crippen LogP contribution in [0.5, 0.6) is 0 Å². The minimum atomic E-state index is -4.19. The first kappa shape index (κ1) is 17.2. The molecule has 2 aromatic rings. The molecule has 2 N–H and O–H groups in total. The third kappa shape index (κ3) is 3.26. The van der Waals surface area contributed by atoms with Gasteiger partial charge >= 0.3 is 0 Å². The van der Waals surface area contributed by atoms with Crippen LogP contribution >= 0.6 is 0 Å². The summed E-state index contributed by atoms with van der Waals surface area (Å²) < 4.78 is 31.5. The first-order chi connectivity index (χ1) is 9.84. The van der Waals surface area contributed by atoms with Crippen LogP contribution < -0.4 is 5.32 Å². The molecule has 0 fully saturated rings. The molecule has 1 aliphatic rings. The van der Waals surface area contributed by atoms with Crippen LogP contribution in [-0.4, -0.2) is 48.4 Å². The van der Waals surface area contributed by atoms with Crippen molar-refractivity contribution < 1.29 is 17.8 Å². The molecular weight excluding hydrogens is 313 g/mol. The average Bonchev–Trinajstić information content (AvgIpc) is 2.73. The van der Waals surface area contributed by atoms with E-state index in [9.17, 15) is 13.2 Å². The molecule has 1 radical (unpaired) electrons. The van der Waals surface area contributed by atoms with Gasteiger partial charge in [0.15, 0.2) is 0 Å². The van der Waals surface area contributed by atoms with Crippen molar-refractivity contribution in [3.05, 3.63) is 47.5 Å². The van der Waals surface area contributed by atoms with Crippen molar-refractivity contribution in [3.63, 3.8) is 0 Å². The molecule has 0 bridgehead atoms. The zero-order valence-electron chi connectivity index (χ0n) is 12.3. The maximum absolute atomic E-state index is 11.2. The summed E-state index contributed by atoms with van der Waals surface area (Å²) in [5.74, 6) is -0.140. The summed E-state index contributed by atoms with van der Waals surface area (Å²) in [5, 5.41) is 2.72. The minimum absolute atomic E-state index is 0. The number of amides is 1. The Morgan fingerprint density at radius 3 is 2.27 bits per heavy atom. The van der Waals surface area contributed by atoms with E-state index in [4.69, 9.17) is 4.55 Å². The topological polar surface area (TPSA) is 83.5 Å². The van der Waals surface area contributed by atoms with Crippen LogP contribution in [0, 0.1) is 0 Å². The van der Waals surface area contributed by atoms with E-state index in [1.54, 1.807) is 6.07 Å². The molecule has 0 saturated carbocycles. The Labute approximate surface area is 150 Å².